The topological polar surface area (TPSA) is 194 Å². The summed E-state index contributed by atoms with van der Waals surface area (Å²) in [5.41, 5.74) is 24.0. The summed E-state index contributed by atoms with van der Waals surface area (Å²) in [4.78, 5) is 30.1. The highest BCUT2D eigenvalue weighted by Crippen LogP contribution is 2.26. The van der Waals surface area contributed by atoms with Crippen molar-refractivity contribution in [2.45, 2.75) is 0 Å². The van der Waals surface area contributed by atoms with Gasteiger partial charge in [0.1, 0.15) is 0 Å². The third-order valence-corrected chi connectivity index (χ3v) is 4.67. The van der Waals surface area contributed by atoms with Gasteiger partial charge in [0.2, 0.25) is 23.8 Å². The smallest absolute Gasteiger partial charge is 0.225 e. The number of benzene rings is 1. The van der Waals surface area contributed by atoms with Gasteiger partial charge < -0.3 is 22.9 Å². The Kier molecular flexibility index (Phi) is 4.66. The highest BCUT2D eigenvalue weighted by Gasteiger charge is 2.08. The molecule has 1 aromatic carbocycles. The quantitative estimate of drug-likeness (QED) is 0.361. The molecule has 3 heterocycles. The van der Waals surface area contributed by atoms with E-state index < -0.39 is 0 Å². The lowest BCUT2D eigenvalue weighted by Crippen LogP contribution is -2.04. The molecule has 12 heteroatoms. The number of aromatic nitrogens is 6. The second-order valence-electron chi connectivity index (χ2n) is 5.76. The number of anilines is 4. The van der Waals surface area contributed by atoms with Gasteiger partial charge in [0, 0.05) is 16.7 Å². The summed E-state index contributed by atoms with van der Waals surface area (Å²) in [6, 6.07) is 11.1. The van der Waals surface area contributed by atoms with Gasteiger partial charge >= 0.3 is 0 Å². The molecule has 8 N–H and O–H groups in total. The standard InChI is InChI=1S/C17H15N11S/c18-14-23-12(24-15(19)27-14)8-1-3-9(4-2-8)22-7-10-5-6-11(29-10)13-25-16(20)28-17(21)26-13/h1-7H,(H4,18,19,23,24,27)(H4,20,21,25,26,28)/b22-7+. The van der Waals surface area contributed by atoms with Crippen LogP contribution in [0.25, 0.3) is 22.1 Å². The Bertz CT molecular complexity index is 1160. The summed E-state index contributed by atoms with van der Waals surface area (Å²) >= 11 is 1.46. The van der Waals surface area contributed by atoms with Crippen LogP contribution in [-0.4, -0.2) is 36.1 Å². The second-order valence-corrected chi connectivity index (χ2v) is 6.87. The van der Waals surface area contributed by atoms with Crippen LogP contribution in [0.3, 0.4) is 0 Å². The van der Waals surface area contributed by atoms with Gasteiger partial charge in [0.15, 0.2) is 11.6 Å². The Hall–Kier alpha value is -4.19. The molecule has 0 radical (unpaired) electrons. The van der Waals surface area contributed by atoms with Gasteiger partial charge in [0.05, 0.1) is 10.6 Å². The van der Waals surface area contributed by atoms with Crippen LogP contribution in [-0.2, 0) is 0 Å². The average molecular weight is 405 g/mol. The SMILES string of the molecule is Nc1nc(N)nc(-c2ccc(/N=C/c3ccc(-c4nc(N)nc(N)n4)s3)cc2)n1. The van der Waals surface area contributed by atoms with Crippen LogP contribution in [0.2, 0.25) is 0 Å². The van der Waals surface area contributed by atoms with Crippen LogP contribution >= 0.6 is 11.3 Å². The number of thiophene rings is 1. The molecule has 29 heavy (non-hydrogen) atoms. The number of hydrogen-bond donors (Lipinski definition) is 4. The fraction of sp³-hybridized carbons (Fsp3) is 0. The summed E-state index contributed by atoms with van der Waals surface area (Å²) < 4.78 is 0. The van der Waals surface area contributed by atoms with Crippen LogP contribution in [0.1, 0.15) is 4.88 Å². The highest BCUT2D eigenvalue weighted by molar-refractivity contribution is 7.17. The van der Waals surface area contributed by atoms with E-state index in [-0.39, 0.29) is 23.8 Å². The Morgan fingerprint density at radius 2 is 1.21 bits per heavy atom. The van der Waals surface area contributed by atoms with Gasteiger partial charge in [-0.15, -0.1) is 11.3 Å². The third kappa shape index (κ3) is 4.22. The molecular weight excluding hydrogens is 390 g/mol. The van der Waals surface area contributed by atoms with E-state index in [9.17, 15) is 0 Å². The summed E-state index contributed by atoms with van der Waals surface area (Å²) in [6.07, 6.45) is 1.75. The maximum atomic E-state index is 5.62. The number of rotatable bonds is 4. The van der Waals surface area contributed by atoms with Crippen molar-refractivity contribution < 1.29 is 0 Å². The van der Waals surface area contributed by atoms with Gasteiger partial charge in [0.25, 0.3) is 0 Å². The fourth-order valence-corrected chi connectivity index (χ4v) is 3.25. The molecular formula is C17H15N11S. The van der Waals surface area contributed by atoms with Crippen molar-refractivity contribution >= 4 is 47.0 Å². The van der Waals surface area contributed by atoms with Crippen molar-refractivity contribution in [3.8, 4) is 22.1 Å². The highest BCUT2D eigenvalue weighted by atomic mass is 32.1. The van der Waals surface area contributed by atoms with E-state index in [4.69, 9.17) is 22.9 Å². The first kappa shape index (κ1) is 18.2. The van der Waals surface area contributed by atoms with E-state index in [2.05, 4.69) is 34.9 Å². The first-order valence-corrected chi connectivity index (χ1v) is 9.07. The molecule has 3 aromatic heterocycles. The van der Waals surface area contributed by atoms with E-state index in [0.29, 0.717) is 11.6 Å². The molecule has 0 spiro atoms. The van der Waals surface area contributed by atoms with Gasteiger partial charge in [-0.3, -0.25) is 4.99 Å². The average Bonchev–Trinajstić information content (AvgIpc) is 3.14. The first-order chi connectivity index (χ1) is 14.0. The first-order valence-electron chi connectivity index (χ1n) is 8.25. The van der Waals surface area contributed by atoms with Crippen molar-refractivity contribution in [1.82, 2.24) is 29.9 Å². The van der Waals surface area contributed by atoms with E-state index in [0.717, 1.165) is 21.0 Å². The molecule has 4 aromatic rings. The molecule has 0 fully saturated rings. The number of nitrogens with two attached hydrogens (primary N) is 4. The van der Waals surface area contributed by atoms with E-state index >= 15 is 0 Å². The number of aliphatic imine (C=N–C) groups is 1. The zero-order valence-corrected chi connectivity index (χ0v) is 15.7. The molecule has 4 rings (SSSR count). The van der Waals surface area contributed by atoms with Crippen LogP contribution in [0.4, 0.5) is 29.5 Å². The normalized spacial score (nSPS) is 11.2. The largest absolute Gasteiger partial charge is 0.368 e. The monoisotopic (exact) mass is 405 g/mol. The molecule has 0 saturated heterocycles. The van der Waals surface area contributed by atoms with E-state index in [1.165, 1.54) is 11.3 Å². The molecule has 0 amide bonds. The Morgan fingerprint density at radius 1 is 0.655 bits per heavy atom. The summed E-state index contributed by atoms with van der Waals surface area (Å²) in [5.74, 6) is 1.15. The van der Waals surface area contributed by atoms with E-state index in [1.54, 1.807) is 6.21 Å². The minimum absolute atomic E-state index is 0.0739. The number of nitrogen functional groups attached to an aromatic ring is 4. The lowest BCUT2D eigenvalue weighted by Gasteiger charge is -2.02. The maximum absolute atomic E-state index is 5.62. The Morgan fingerprint density at radius 3 is 1.79 bits per heavy atom. The molecule has 0 atom stereocenters. The Balaban J connectivity index is 1.52. The van der Waals surface area contributed by atoms with Crippen molar-refractivity contribution in [3.05, 3.63) is 41.3 Å². The zero-order valence-electron chi connectivity index (χ0n) is 14.9. The maximum Gasteiger partial charge on any atom is 0.225 e. The van der Waals surface area contributed by atoms with Gasteiger partial charge in [-0.05, 0) is 36.4 Å². The fourth-order valence-electron chi connectivity index (χ4n) is 2.44. The van der Waals surface area contributed by atoms with Crippen LogP contribution in [0, 0.1) is 0 Å². The summed E-state index contributed by atoms with van der Waals surface area (Å²) in [7, 11) is 0. The van der Waals surface area contributed by atoms with Gasteiger partial charge in [-0.25, -0.2) is 0 Å². The lowest BCUT2D eigenvalue weighted by atomic mass is 10.2. The molecule has 0 aliphatic rings. The van der Waals surface area contributed by atoms with Gasteiger partial charge in [-0.2, -0.15) is 29.9 Å². The molecule has 144 valence electrons. The van der Waals surface area contributed by atoms with Crippen LogP contribution in [0.5, 0.6) is 0 Å². The third-order valence-electron chi connectivity index (χ3n) is 3.65. The summed E-state index contributed by atoms with van der Waals surface area (Å²) in [6.45, 7) is 0. The number of nitrogens with zero attached hydrogens (tertiary/aromatic N) is 7. The number of hydrogen-bond acceptors (Lipinski definition) is 12. The minimum Gasteiger partial charge on any atom is -0.368 e. The van der Waals surface area contributed by atoms with Crippen molar-refractivity contribution in [1.29, 1.82) is 0 Å². The van der Waals surface area contributed by atoms with Crippen LogP contribution < -0.4 is 22.9 Å². The second kappa shape index (κ2) is 7.44. The Labute approximate surface area is 168 Å². The van der Waals surface area contributed by atoms with Crippen molar-refractivity contribution in [3.63, 3.8) is 0 Å². The molecule has 11 nitrogen and oxygen atoms in total. The van der Waals surface area contributed by atoms with E-state index in [1.807, 2.05) is 36.4 Å². The lowest BCUT2D eigenvalue weighted by molar-refractivity contribution is 1.09. The molecule has 0 saturated carbocycles. The van der Waals surface area contributed by atoms with Crippen molar-refractivity contribution in [2.75, 3.05) is 22.9 Å². The predicted octanol–water partition coefficient (Wildman–Crippen LogP) is 1.53. The summed E-state index contributed by atoms with van der Waals surface area (Å²) in [5, 5.41) is 0. The van der Waals surface area contributed by atoms with Crippen molar-refractivity contribution in [2.24, 2.45) is 4.99 Å². The molecule has 0 aliphatic carbocycles. The molecule has 0 unspecified atom stereocenters. The van der Waals surface area contributed by atoms with Gasteiger partial charge in [-0.1, -0.05) is 0 Å². The zero-order chi connectivity index (χ0) is 20.4. The molecule has 0 bridgehead atoms. The molecule has 0 aliphatic heterocycles. The predicted molar refractivity (Wildman–Crippen MR) is 113 cm³/mol. The van der Waals surface area contributed by atoms with Crippen LogP contribution in [0.15, 0.2) is 41.4 Å². The minimum atomic E-state index is 0.0739.